The van der Waals surface area contributed by atoms with Gasteiger partial charge in [-0.3, -0.25) is 14.6 Å². The van der Waals surface area contributed by atoms with Crippen LogP contribution in [0.4, 0.5) is 5.69 Å². The molecule has 0 bridgehead atoms. The van der Waals surface area contributed by atoms with Crippen LogP contribution in [0.2, 0.25) is 5.02 Å². The van der Waals surface area contributed by atoms with Crippen molar-refractivity contribution in [1.29, 1.82) is 0 Å². The second kappa shape index (κ2) is 8.17. The highest BCUT2D eigenvalue weighted by Crippen LogP contribution is 2.36. The predicted molar refractivity (Wildman–Crippen MR) is 115 cm³/mol. The third-order valence-corrected chi connectivity index (χ3v) is 5.54. The fourth-order valence-corrected chi connectivity index (χ4v) is 3.92. The number of carbonyl (C=O) groups excluding carboxylic acids is 2. The number of amides is 2. The summed E-state index contributed by atoms with van der Waals surface area (Å²) in [6.45, 7) is 0.00647. The molecule has 5 rings (SSSR count). The minimum absolute atomic E-state index is 0.00647. The molecule has 11 nitrogen and oxygen atoms in total. The zero-order valence-electron chi connectivity index (χ0n) is 17.5. The predicted octanol–water partition coefficient (Wildman–Crippen LogP) is 2.90. The molecule has 2 aliphatic rings. The van der Waals surface area contributed by atoms with Crippen LogP contribution in [0, 0.1) is 0 Å². The number of anilines is 1. The molecular weight excluding hydrogens is 452 g/mol. The Labute approximate surface area is 192 Å². The highest BCUT2D eigenvalue weighted by molar-refractivity contribution is 6.30. The molecule has 0 saturated carbocycles. The van der Waals surface area contributed by atoms with Crippen molar-refractivity contribution in [3.8, 4) is 22.9 Å². The van der Waals surface area contributed by atoms with Gasteiger partial charge >= 0.3 is 0 Å². The SMILES string of the molecule is COc1cc(OC)cc(N2C(=O)[C@@H]3N=NN(Cc4nc(-c5cccc(Cl)c5)no4)[C@H]3C2=O)c1. The molecule has 33 heavy (non-hydrogen) atoms. The number of aromatic nitrogens is 2. The van der Waals surface area contributed by atoms with E-state index < -0.39 is 23.9 Å². The summed E-state index contributed by atoms with van der Waals surface area (Å²) < 4.78 is 15.8. The van der Waals surface area contributed by atoms with Gasteiger partial charge < -0.3 is 14.0 Å². The zero-order chi connectivity index (χ0) is 23.1. The molecule has 0 unspecified atom stereocenters. The number of fused-ring (bicyclic) bond motifs is 1. The third kappa shape index (κ3) is 3.65. The van der Waals surface area contributed by atoms with Crippen LogP contribution in [0.3, 0.4) is 0 Å². The summed E-state index contributed by atoms with van der Waals surface area (Å²) >= 11 is 6.02. The van der Waals surface area contributed by atoms with Crippen molar-refractivity contribution in [2.24, 2.45) is 10.3 Å². The Morgan fingerprint density at radius 2 is 1.82 bits per heavy atom. The maximum absolute atomic E-state index is 13.2. The molecule has 0 N–H and O–H groups in total. The van der Waals surface area contributed by atoms with Crippen molar-refractivity contribution in [2.45, 2.75) is 18.6 Å². The lowest BCUT2D eigenvalue weighted by Gasteiger charge is -2.20. The van der Waals surface area contributed by atoms with Crippen LogP contribution in [-0.4, -0.2) is 53.3 Å². The first-order chi connectivity index (χ1) is 16.0. The van der Waals surface area contributed by atoms with E-state index in [9.17, 15) is 9.59 Å². The van der Waals surface area contributed by atoms with Gasteiger partial charge in [-0.25, -0.2) is 4.90 Å². The number of carbonyl (C=O) groups is 2. The molecule has 12 heteroatoms. The Hall–Kier alpha value is -3.99. The van der Waals surface area contributed by atoms with E-state index >= 15 is 0 Å². The van der Waals surface area contributed by atoms with E-state index in [1.165, 1.54) is 19.2 Å². The smallest absolute Gasteiger partial charge is 0.263 e. The lowest BCUT2D eigenvalue weighted by molar-refractivity contribution is -0.123. The average molecular weight is 469 g/mol. The number of benzene rings is 2. The van der Waals surface area contributed by atoms with E-state index in [2.05, 4.69) is 20.5 Å². The van der Waals surface area contributed by atoms with Gasteiger partial charge in [0.15, 0.2) is 12.1 Å². The molecule has 0 spiro atoms. The molecular formula is C21H17ClN6O5. The number of methoxy groups -OCH3 is 2. The van der Waals surface area contributed by atoms with Gasteiger partial charge in [-0.2, -0.15) is 10.1 Å². The van der Waals surface area contributed by atoms with Gasteiger partial charge in [0.1, 0.15) is 18.0 Å². The lowest BCUT2D eigenvalue weighted by atomic mass is 10.1. The van der Waals surface area contributed by atoms with E-state index in [4.69, 9.17) is 25.6 Å². The second-order valence-corrected chi connectivity index (χ2v) is 7.73. The first kappa shape index (κ1) is 20.9. The summed E-state index contributed by atoms with van der Waals surface area (Å²) in [5.41, 5.74) is 1.01. The van der Waals surface area contributed by atoms with Gasteiger partial charge in [0.05, 0.1) is 19.9 Å². The Morgan fingerprint density at radius 3 is 2.52 bits per heavy atom. The second-order valence-electron chi connectivity index (χ2n) is 7.30. The van der Waals surface area contributed by atoms with Crippen LogP contribution in [0.25, 0.3) is 11.4 Å². The van der Waals surface area contributed by atoms with E-state index in [1.807, 2.05) is 0 Å². The number of halogens is 1. The van der Waals surface area contributed by atoms with Crippen molar-refractivity contribution < 1.29 is 23.6 Å². The molecule has 1 fully saturated rings. The molecule has 1 aromatic heterocycles. The Morgan fingerprint density at radius 1 is 1.06 bits per heavy atom. The molecule has 3 heterocycles. The van der Waals surface area contributed by atoms with Crippen LogP contribution in [0.15, 0.2) is 57.3 Å². The van der Waals surface area contributed by atoms with Crippen molar-refractivity contribution in [3.05, 3.63) is 53.4 Å². The minimum Gasteiger partial charge on any atom is -0.497 e. The standard InChI is InChI=1S/C21H17ClN6O5/c1-31-14-7-13(8-15(9-14)32-2)28-20(29)17-18(21(28)30)27(26-24-17)10-16-23-19(25-33-16)11-4-3-5-12(22)6-11/h3-9,17-18H,10H2,1-2H3/t17-,18-/m1/s1. The number of hydrogen-bond donors (Lipinski definition) is 0. The van der Waals surface area contributed by atoms with E-state index in [0.29, 0.717) is 33.6 Å². The summed E-state index contributed by atoms with van der Waals surface area (Å²) in [5, 5.41) is 13.9. The Kier molecular flexibility index (Phi) is 5.17. The van der Waals surface area contributed by atoms with Gasteiger partial charge in [0, 0.05) is 28.8 Å². The molecule has 0 radical (unpaired) electrons. The van der Waals surface area contributed by atoms with Crippen LogP contribution in [-0.2, 0) is 16.1 Å². The van der Waals surface area contributed by atoms with E-state index in [1.54, 1.807) is 42.5 Å². The summed E-state index contributed by atoms with van der Waals surface area (Å²) in [4.78, 5) is 31.6. The number of hydrogen-bond acceptors (Lipinski definition) is 10. The summed E-state index contributed by atoms with van der Waals surface area (Å²) in [7, 11) is 2.97. The van der Waals surface area contributed by atoms with Gasteiger partial charge in [0.2, 0.25) is 11.7 Å². The van der Waals surface area contributed by atoms with Crippen molar-refractivity contribution in [2.75, 3.05) is 19.1 Å². The Bertz CT molecular complexity index is 1260. The maximum Gasteiger partial charge on any atom is 0.263 e. The van der Waals surface area contributed by atoms with E-state index in [-0.39, 0.29) is 12.4 Å². The molecule has 2 amide bonds. The van der Waals surface area contributed by atoms with Gasteiger partial charge in [-0.05, 0) is 12.1 Å². The highest BCUT2D eigenvalue weighted by Gasteiger charge is 2.55. The quantitative estimate of drug-likeness (QED) is 0.506. The van der Waals surface area contributed by atoms with Crippen molar-refractivity contribution in [1.82, 2.24) is 15.1 Å². The summed E-state index contributed by atoms with van der Waals surface area (Å²) in [5.74, 6) is 0.488. The van der Waals surface area contributed by atoms with Crippen molar-refractivity contribution >= 4 is 29.1 Å². The number of rotatable bonds is 6. The monoisotopic (exact) mass is 468 g/mol. The number of nitrogens with zero attached hydrogens (tertiary/aromatic N) is 6. The average Bonchev–Trinajstić information content (AvgIpc) is 3.51. The largest absolute Gasteiger partial charge is 0.497 e. The van der Waals surface area contributed by atoms with Gasteiger partial charge in [-0.1, -0.05) is 34.1 Å². The maximum atomic E-state index is 13.2. The molecule has 2 aromatic carbocycles. The molecule has 168 valence electrons. The van der Waals surface area contributed by atoms with Crippen LogP contribution < -0.4 is 14.4 Å². The Balaban J connectivity index is 1.38. The van der Waals surface area contributed by atoms with Crippen LogP contribution >= 0.6 is 11.6 Å². The first-order valence-corrected chi connectivity index (χ1v) is 10.2. The normalized spacial score (nSPS) is 19.4. The fraction of sp³-hybridized carbons (Fsp3) is 0.238. The van der Waals surface area contributed by atoms with Gasteiger partial charge in [0.25, 0.3) is 11.8 Å². The molecule has 0 aliphatic carbocycles. The lowest BCUT2D eigenvalue weighted by Crippen LogP contribution is -2.39. The summed E-state index contributed by atoms with van der Waals surface area (Å²) in [6.07, 6.45) is 0. The third-order valence-electron chi connectivity index (χ3n) is 5.30. The van der Waals surface area contributed by atoms with Crippen molar-refractivity contribution in [3.63, 3.8) is 0 Å². The van der Waals surface area contributed by atoms with Crippen LogP contribution in [0.5, 0.6) is 11.5 Å². The molecule has 3 aromatic rings. The topological polar surface area (TPSA) is 123 Å². The number of imide groups is 1. The molecule has 2 atom stereocenters. The molecule has 2 aliphatic heterocycles. The van der Waals surface area contributed by atoms with Gasteiger partial charge in [-0.15, -0.1) is 0 Å². The molecule has 1 saturated heterocycles. The first-order valence-electron chi connectivity index (χ1n) is 9.85. The van der Waals surface area contributed by atoms with Crippen LogP contribution in [0.1, 0.15) is 5.89 Å². The highest BCUT2D eigenvalue weighted by atomic mass is 35.5. The number of ether oxygens (including phenoxy) is 2. The zero-order valence-corrected chi connectivity index (χ0v) is 18.3. The van der Waals surface area contributed by atoms with E-state index in [0.717, 1.165) is 4.90 Å². The summed E-state index contributed by atoms with van der Waals surface area (Å²) in [6, 6.07) is 9.94. The fourth-order valence-electron chi connectivity index (χ4n) is 3.73. The minimum atomic E-state index is -0.968.